The van der Waals surface area contributed by atoms with E-state index in [1.807, 2.05) is 44.2 Å². The highest BCUT2D eigenvalue weighted by Gasteiger charge is 2.14. The highest BCUT2D eigenvalue weighted by Crippen LogP contribution is 2.17. The van der Waals surface area contributed by atoms with Gasteiger partial charge >= 0.3 is 5.69 Å². The summed E-state index contributed by atoms with van der Waals surface area (Å²) < 4.78 is 1.58. The molecule has 134 valence electrons. The number of anilines is 2. The minimum Gasteiger partial charge on any atom is -0.382 e. The third-order valence-electron chi connectivity index (χ3n) is 3.65. The molecule has 2 aromatic heterocycles. The van der Waals surface area contributed by atoms with E-state index in [0.29, 0.717) is 23.7 Å². The molecule has 0 aliphatic carbocycles. The second kappa shape index (κ2) is 8.86. The van der Waals surface area contributed by atoms with Gasteiger partial charge in [-0.3, -0.25) is 4.57 Å². The van der Waals surface area contributed by atoms with E-state index in [0.717, 1.165) is 24.9 Å². The van der Waals surface area contributed by atoms with E-state index < -0.39 is 0 Å². The molecule has 0 unspecified atom stereocenters. The number of aromatic nitrogens is 4. The molecule has 0 radical (unpaired) electrons. The molecule has 0 fully saturated rings. The second-order valence-corrected chi connectivity index (χ2v) is 5.41. The van der Waals surface area contributed by atoms with Crippen LogP contribution < -0.4 is 16.7 Å². The van der Waals surface area contributed by atoms with Gasteiger partial charge in [0.2, 0.25) is 5.95 Å². The summed E-state index contributed by atoms with van der Waals surface area (Å²) in [5.74, 6) is 0.724. The van der Waals surface area contributed by atoms with E-state index in [9.17, 15) is 4.79 Å². The fourth-order valence-electron chi connectivity index (χ4n) is 2.42. The van der Waals surface area contributed by atoms with Crippen molar-refractivity contribution in [1.82, 2.24) is 19.5 Å². The number of rotatable bonds is 6. The van der Waals surface area contributed by atoms with Gasteiger partial charge in [-0.1, -0.05) is 57.5 Å². The van der Waals surface area contributed by atoms with Crippen molar-refractivity contribution >= 4 is 22.9 Å². The summed E-state index contributed by atoms with van der Waals surface area (Å²) in [6, 6.07) is 9.76. The minimum atomic E-state index is -0.240. The topological polar surface area (TPSA) is 102 Å². The summed E-state index contributed by atoms with van der Waals surface area (Å²) in [6.45, 7) is 7.32. The summed E-state index contributed by atoms with van der Waals surface area (Å²) >= 11 is 0. The molecular formula is C18H26N6O. The molecule has 0 amide bonds. The molecule has 25 heavy (non-hydrogen) atoms. The van der Waals surface area contributed by atoms with Gasteiger partial charge in [0.25, 0.3) is 0 Å². The molecule has 0 aliphatic heterocycles. The Hall–Kier alpha value is -2.83. The SMILES string of the molecule is CC.CCCCNc1nc(N)c2[nH]c(=O)n(Cc3ccccc3)c2n1. The minimum absolute atomic E-state index is 0.240. The fraction of sp³-hybridized carbons (Fsp3) is 0.389. The molecule has 3 rings (SSSR count). The van der Waals surface area contributed by atoms with Crippen LogP contribution in [0, 0.1) is 0 Å². The van der Waals surface area contributed by atoms with E-state index in [1.54, 1.807) is 4.57 Å². The molecule has 0 bridgehead atoms. The lowest BCUT2D eigenvalue weighted by Gasteiger charge is -2.07. The zero-order chi connectivity index (χ0) is 18.2. The van der Waals surface area contributed by atoms with E-state index in [2.05, 4.69) is 27.2 Å². The summed E-state index contributed by atoms with van der Waals surface area (Å²) in [5.41, 5.74) is 7.74. The van der Waals surface area contributed by atoms with Crippen molar-refractivity contribution in [3.63, 3.8) is 0 Å². The molecule has 7 nitrogen and oxygen atoms in total. The Morgan fingerprint density at radius 1 is 1.20 bits per heavy atom. The van der Waals surface area contributed by atoms with Crippen LogP contribution in [0.5, 0.6) is 0 Å². The van der Waals surface area contributed by atoms with Crippen LogP contribution in [0.1, 0.15) is 39.2 Å². The molecule has 7 heteroatoms. The number of nitrogen functional groups attached to an aromatic ring is 1. The maximum Gasteiger partial charge on any atom is 0.328 e. The van der Waals surface area contributed by atoms with Gasteiger partial charge in [-0.2, -0.15) is 9.97 Å². The lowest BCUT2D eigenvalue weighted by molar-refractivity contribution is 0.776. The maximum atomic E-state index is 12.2. The van der Waals surface area contributed by atoms with Crippen molar-refractivity contribution in [3.05, 3.63) is 46.4 Å². The lowest BCUT2D eigenvalue weighted by Crippen LogP contribution is -2.18. The molecule has 4 N–H and O–H groups in total. The third kappa shape index (κ3) is 4.37. The van der Waals surface area contributed by atoms with Crippen LogP contribution in [-0.2, 0) is 6.54 Å². The Bertz CT molecular complexity index is 853. The summed E-state index contributed by atoms with van der Waals surface area (Å²) in [5, 5.41) is 3.15. The summed E-state index contributed by atoms with van der Waals surface area (Å²) in [6.07, 6.45) is 2.10. The molecule has 0 spiro atoms. The number of fused-ring (bicyclic) bond motifs is 1. The van der Waals surface area contributed by atoms with Crippen molar-refractivity contribution in [1.29, 1.82) is 0 Å². The average molecular weight is 342 g/mol. The van der Waals surface area contributed by atoms with Gasteiger partial charge in [-0.05, 0) is 12.0 Å². The number of nitrogens with one attached hydrogen (secondary N) is 2. The van der Waals surface area contributed by atoms with Gasteiger partial charge in [0.05, 0.1) is 6.54 Å². The number of benzene rings is 1. The zero-order valence-corrected chi connectivity index (χ0v) is 15.0. The summed E-state index contributed by atoms with van der Waals surface area (Å²) in [4.78, 5) is 23.6. The predicted molar refractivity (Wildman–Crippen MR) is 103 cm³/mol. The number of unbranched alkanes of at least 4 members (excludes halogenated alkanes) is 1. The molecule has 1 aromatic carbocycles. The predicted octanol–water partition coefficient (Wildman–Crippen LogP) is 2.99. The van der Waals surface area contributed by atoms with Gasteiger partial charge in [-0.25, -0.2) is 4.79 Å². The number of imidazole rings is 1. The van der Waals surface area contributed by atoms with Crippen molar-refractivity contribution < 1.29 is 0 Å². The number of aromatic amines is 1. The van der Waals surface area contributed by atoms with Crippen molar-refractivity contribution in [2.45, 2.75) is 40.2 Å². The van der Waals surface area contributed by atoms with Gasteiger partial charge in [-0.15, -0.1) is 0 Å². The Balaban J connectivity index is 0.00000109. The number of hydrogen-bond acceptors (Lipinski definition) is 5. The van der Waals surface area contributed by atoms with Gasteiger partial charge in [0, 0.05) is 6.54 Å². The largest absolute Gasteiger partial charge is 0.382 e. The highest BCUT2D eigenvalue weighted by molar-refractivity contribution is 5.82. The van der Waals surface area contributed by atoms with E-state index in [1.165, 1.54) is 0 Å². The number of nitrogens with two attached hydrogens (primary N) is 1. The quantitative estimate of drug-likeness (QED) is 0.598. The van der Waals surface area contributed by atoms with Crippen LogP contribution in [0.25, 0.3) is 11.2 Å². The van der Waals surface area contributed by atoms with Crippen molar-refractivity contribution in [2.24, 2.45) is 0 Å². The average Bonchev–Trinajstić information content (AvgIpc) is 2.95. The Morgan fingerprint density at radius 3 is 2.60 bits per heavy atom. The maximum absolute atomic E-state index is 12.2. The number of H-pyrrole nitrogens is 1. The Morgan fingerprint density at radius 2 is 1.92 bits per heavy atom. The van der Waals surface area contributed by atoms with Crippen LogP contribution in [0.15, 0.2) is 35.1 Å². The second-order valence-electron chi connectivity index (χ2n) is 5.41. The Kier molecular flexibility index (Phi) is 6.56. The first-order valence-electron chi connectivity index (χ1n) is 8.73. The molecule has 0 saturated carbocycles. The molecular weight excluding hydrogens is 316 g/mol. The third-order valence-corrected chi connectivity index (χ3v) is 3.65. The number of nitrogens with zero attached hydrogens (tertiary/aromatic N) is 3. The standard InChI is InChI=1S/C16H20N6O.C2H6/c1-2-3-9-18-15-20-13(17)12-14(21-15)22(16(23)19-12)10-11-7-5-4-6-8-11;1-2/h4-8H,2-3,9-10H2,1H3,(H,19,23)(H3,17,18,20,21);1-2H3. The van der Waals surface area contributed by atoms with Gasteiger partial charge in [0.1, 0.15) is 5.52 Å². The van der Waals surface area contributed by atoms with Crippen molar-refractivity contribution in [3.8, 4) is 0 Å². The number of hydrogen-bond donors (Lipinski definition) is 3. The molecule has 0 aliphatic rings. The van der Waals surface area contributed by atoms with Crippen molar-refractivity contribution in [2.75, 3.05) is 17.6 Å². The van der Waals surface area contributed by atoms with E-state index in [4.69, 9.17) is 5.73 Å². The molecule has 0 saturated heterocycles. The Labute approximate surface area is 147 Å². The van der Waals surface area contributed by atoms with Crippen LogP contribution >= 0.6 is 0 Å². The van der Waals surface area contributed by atoms with Gasteiger partial charge in [0.15, 0.2) is 11.5 Å². The van der Waals surface area contributed by atoms with Crippen LogP contribution in [0.4, 0.5) is 11.8 Å². The molecule has 0 atom stereocenters. The zero-order valence-electron chi connectivity index (χ0n) is 15.0. The highest BCUT2D eigenvalue weighted by atomic mass is 16.1. The van der Waals surface area contributed by atoms with Gasteiger partial charge < -0.3 is 16.0 Å². The first-order valence-corrected chi connectivity index (χ1v) is 8.73. The normalized spacial score (nSPS) is 10.4. The van der Waals surface area contributed by atoms with Crippen LogP contribution in [0.3, 0.4) is 0 Å². The molecule has 3 aromatic rings. The summed E-state index contributed by atoms with van der Waals surface area (Å²) in [7, 11) is 0. The smallest absolute Gasteiger partial charge is 0.328 e. The monoisotopic (exact) mass is 342 g/mol. The first-order chi connectivity index (χ1) is 12.2. The fourth-order valence-corrected chi connectivity index (χ4v) is 2.42. The van der Waals surface area contributed by atoms with E-state index >= 15 is 0 Å². The lowest BCUT2D eigenvalue weighted by atomic mass is 10.2. The van der Waals surface area contributed by atoms with Crippen LogP contribution in [0.2, 0.25) is 0 Å². The van der Waals surface area contributed by atoms with E-state index in [-0.39, 0.29) is 11.5 Å². The first kappa shape index (κ1) is 18.5. The van der Waals surface area contributed by atoms with Crippen LogP contribution in [-0.4, -0.2) is 26.1 Å². The molecule has 2 heterocycles.